The number of piperidine rings is 1. The number of hydrogen-bond donors (Lipinski definition) is 1. The van der Waals surface area contributed by atoms with Crippen molar-refractivity contribution in [2.75, 3.05) is 13.1 Å². The first-order valence-corrected chi connectivity index (χ1v) is 11.3. The van der Waals surface area contributed by atoms with E-state index in [1.165, 1.54) is 6.33 Å². The highest BCUT2D eigenvalue weighted by molar-refractivity contribution is 5.87. The molecule has 2 amide bonds. The van der Waals surface area contributed by atoms with Crippen LogP contribution >= 0.6 is 0 Å². The maximum Gasteiger partial charge on any atom is 0.228 e. The summed E-state index contributed by atoms with van der Waals surface area (Å²) in [6, 6.07) is 8.19. The highest BCUT2D eigenvalue weighted by Gasteiger charge is 2.48. The van der Waals surface area contributed by atoms with Crippen molar-refractivity contribution in [3.63, 3.8) is 0 Å². The molecular formula is C25H32N4O2. The van der Waals surface area contributed by atoms with Crippen molar-refractivity contribution in [1.29, 1.82) is 0 Å². The van der Waals surface area contributed by atoms with Crippen LogP contribution in [0.25, 0.3) is 11.1 Å². The van der Waals surface area contributed by atoms with E-state index in [0.717, 1.165) is 42.5 Å². The summed E-state index contributed by atoms with van der Waals surface area (Å²) in [6.45, 7) is 7.32. The van der Waals surface area contributed by atoms with Crippen LogP contribution in [0, 0.1) is 17.3 Å². The summed E-state index contributed by atoms with van der Waals surface area (Å²) in [5, 5.41) is 3.14. The molecule has 0 radical (unpaired) electrons. The summed E-state index contributed by atoms with van der Waals surface area (Å²) in [7, 11) is 0. The van der Waals surface area contributed by atoms with Crippen LogP contribution < -0.4 is 5.32 Å². The zero-order valence-corrected chi connectivity index (χ0v) is 18.7. The first-order chi connectivity index (χ1) is 14.9. The molecule has 1 aromatic heterocycles. The van der Waals surface area contributed by atoms with E-state index < -0.39 is 5.41 Å². The molecule has 1 aliphatic carbocycles. The normalized spacial score (nSPS) is 25.4. The van der Waals surface area contributed by atoms with Gasteiger partial charge in [-0.1, -0.05) is 31.2 Å². The fourth-order valence-corrected chi connectivity index (χ4v) is 4.80. The summed E-state index contributed by atoms with van der Waals surface area (Å²) in [4.78, 5) is 36.8. The van der Waals surface area contributed by atoms with E-state index in [1.807, 2.05) is 30.9 Å². The van der Waals surface area contributed by atoms with Gasteiger partial charge in [0.15, 0.2) is 0 Å². The minimum absolute atomic E-state index is 0.0444. The number of benzene rings is 1. The molecule has 2 heterocycles. The molecule has 2 aliphatic rings. The van der Waals surface area contributed by atoms with Gasteiger partial charge in [0.1, 0.15) is 6.33 Å². The summed E-state index contributed by atoms with van der Waals surface area (Å²) < 4.78 is 0. The van der Waals surface area contributed by atoms with Crippen molar-refractivity contribution >= 4 is 11.8 Å². The van der Waals surface area contributed by atoms with Gasteiger partial charge < -0.3 is 10.2 Å². The van der Waals surface area contributed by atoms with E-state index in [-0.39, 0.29) is 23.8 Å². The maximum absolute atomic E-state index is 13.5. The van der Waals surface area contributed by atoms with Gasteiger partial charge in [-0.05, 0) is 56.6 Å². The predicted octanol–water partition coefficient (Wildman–Crippen LogP) is 3.48. The SMILES string of the molecule is CC(C)NC(=O)C1(Cc2ccccc2-c2cncnc2)CCCN(C(=O)C2CC2C)C1. The van der Waals surface area contributed by atoms with E-state index in [0.29, 0.717) is 18.9 Å². The van der Waals surface area contributed by atoms with E-state index in [1.54, 1.807) is 12.4 Å². The van der Waals surface area contributed by atoms with Crippen LogP contribution in [0.3, 0.4) is 0 Å². The molecule has 4 rings (SSSR count). The predicted molar refractivity (Wildman–Crippen MR) is 120 cm³/mol. The van der Waals surface area contributed by atoms with Gasteiger partial charge in [0.25, 0.3) is 0 Å². The lowest BCUT2D eigenvalue weighted by Gasteiger charge is -2.42. The second kappa shape index (κ2) is 8.77. The first kappa shape index (κ1) is 21.5. The Morgan fingerprint density at radius 1 is 1.23 bits per heavy atom. The summed E-state index contributed by atoms with van der Waals surface area (Å²) >= 11 is 0. The molecule has 3 unspecified atom stereocenters. The molecule has 0 spiro atoms. The monoisotopic (exact) mass is 420 g/mol. The molecule has 3 atom stereocenters. The number of nitrogens with one attached hydrogen (secondary N) is 1. The van der Waals surface area contributed by atoms with E-state index in [9.17, 15) is 9.59 Å². The molecule has 164 valence electrons. The van der Waals surface area contributed by atoms with Crippen molar-refractivity contribution in [2.24, 2.45) is 17.3 Å². The average Bonchev–Trinajstić information content (AvgIpc) is 3.50. The number of hydrogen-bond acceptors (Lipinski definition) is 4. The molecule has 1 saturated carbocycles. The average molecular weight is 421 g/mol. The van der Waals surface area contributed by atoms with Crippen LogP contribution in [0.5, 0.6) is 0 Å². The number of rotatable bonds is 6. The Kier molecular flexibility index (Phi) is 6.08. The molecule has 31 heavy (non-hydrogen) atoms. The highest BCUT2D eigenvalue weighted by Crippen LogP contribution is 2.42. The van der Waals surface area contributed by atoms with Crippen LogP contribution in [-0.4, -0.2) is 45.8 Å². The van der Waals surface area contributed by atoms with Gasteiger partial charge in [-0.2, -0.15) is 0 Å². The van der Waals surface area contributed by atoms with E-state index >= 15 is 0 Å². The number of carbonyl (C=O) groups excluding carboxylic acids is 2. The van der Waals surface area contributed by atoms with Gasteiger partial charge in [0, 0.05) is 43.0 Å². The molecule has 2 fully saturated rings. The molecule has 1 aromatic carbocycles. The smallest absolute Gasteiger partial charge is 0.228 e. The molecule has 2 aromatic rings. The second-order valence-corrected chi connectivity index (χ2v) is 9.55. The second-order valence-electron chi connectivity index (χ2n) is 9.55. The molecular weight excluding hydrogens is 388 g/mol. The van der Waals surface area contributed by atoms with E-state index in [4.69, 9.17) is 0 Å². The van der Waals surface area contributed by atoms with Crippen LogP contribution in [0.15, 0.2) is 43.0 Å². The van der Waals surface area contributed by atoms with E-state index in [2.05, 4.69) is 34.3 Å². The molecule has 1 N–H and O–H groups in total. The lowest BCUT2D eigenvalue weighted by molar-refractivity contribution is -0.142. The first-order valence-electron chi connectivity index (χ1n) is 11.3. The van der Waals surface area contributed by atoms with Crippen LogP contribution in [0.2, 0.25) is 0 Å². The zero-order valence-electron chi connectivity index (χ0n) is 18.7. The number of nitrogens with zero attached hydrogens (tertiary/aromatic N) is 3. The molecule has 6 nitrogen and oxygen atoms in total. The fourth-order valence-electron chi connectivity index (χ4n) is 4.80. The van der Waals surface area contributed by atoms with Crippen molar-refractivity contribution in [3.05, 3.63) is 48.5 Å². The zero-order chi connectivity index (χ0) is 22.0. The van der Waals surface area contributed by atoms with Gasteiger partial charge in [-0.25, -0.2) is 9.97 Å². The fraction of sp³-hybridized carbons (Fsp3) is 0.520. The van der Waals surface area contributed by atoms with Crippen molar-refractivity contribution in [3.8, 4) is 11.1 Å². The Bertz CT molecular complexity index is 946. The van der Waals surface area contributed by atoms with Crippen molar-refractivity contribution < 1.29 is 9.59 Å². The van der Waals surface area contributed by atoms with Gasteiger partial charge >= 0.3 is 0 Å². The minimum atomic E-state index is -0.637. The number of amides is 2. The Balaban J connectivity index is 1.67. The number of likely N-dealkylation sites (tertiary alicyclic amines) is 1. The molecule has 0 bridgehead atoms. The lowest BCUT2D eigenvalue weighted by Crippen LogP contribution is -2.55. The quantitative estimate of drug-likeness (QED) is 0.776. The topological polar surface area (TPSA) is 75.2 Å². The largest absolute Gasteiger partial charge is 0.353 e. The van der Waals surface area contributed by atoms with Gasteiger partial charge in [0.2, 0.25) is 11.8 Å². The summed E-state index contributed by atoms with van der Waals surface area (Å²) in [6.07, 6.45) is 8.30. The highest BCUT2D eigenvalue weighted by atomic mass is 16.2. The third-order valence-electron chi connectivity index (χ3n) is 6.63. The molecule has 1 saturated heterocycles. The molecule has 1 aliphatic heterocycles. The third kappa shape index (κ3) is 4.63. The Hall–Kier alpha value is -2.76. The Labute approximate surface area is 184 Å². The number of aromatic nitrogens is 2. The molecule has 6 heteroatoms. The van der Waals surface area contributed by atoms with Gasteiger partial charge in [-0.15, -0.1) is 0 Å². The van der Waals surface area contributed by atoms with Crippen LogP contribution in [0.1, 0.15) is 45.6 Å². The lowest BCUT2D eigenvalue weighted by atomic mass is 9.73. The minimum Gasteiger partial charge on any atom is -0.353 e. The Morgan fingerprint density at radius 3 is 2.61 bits per heavy atom. The standard InChI is InChI=1S/C25H32N4O2/c1-17(2)28-24(31)25(9-6-10-29(15-25)23(30)22-11-18(22)3)12-19-7-4-5-8-21(19)20-13-26-16-27-14-20/h4-5,7-8,13-14,16-18,22H,6,9-12,15H2,1-3H3,(H,28,31). The van der Waals surface area contributed by atoms with Gasteiger partial charge in [-0.3, -0.25) is 9.59 Å². The summed E-state index contributed by atoms with van der Waals surface area (Å²) in [5.41, 5.74) is 2.43. The number of carbonyl (C=O) groups is 2. The third-order valence-corrected chi connectivity index (χ3v) is 6.63. The van der Waals surface area contributed by atoms with Crippen LogP contribution in [0.4, 0.5) is 0 Å². The summed E-state index contributed by atoms with van der Waals surface area (Å²) in [5.74, 6) is 0.867. The van der Waals surface area contributed by atoms with Crippen molar-refractivity contribution in [2.45, 2.75) is 52.5 Å². The van der Waals surface area contributed by atoms with Gasteiger partial charge in [0.05, 0.1) is 5.41 Å². The van der Waals surface area contributed by atoms with Crippen molar-refractivity contribution in [1.82, 2.24) is 20.2 Å². The van der Waals surface area contributed by atoms with Crippen LogP contribution in [-0.2, 0) is 16.0 Å². The Morgan fingerprint density at radius 2 is 1.94 bits per heavy atom. The maximum atomic E-state index is 13.5.